The van der Waals surface area contributed by atoms with Crippen LogP contribution in [0.25, 0.3) is 16.3 Å². The minimum absolute atomic E-state index is 0.348. The van der Waals surface area contributed by atoms with Crippen molar-refractivity contribution in [3.05, 3.63) is 63.9 Å². The molecular formula is C22H23ClN2O3S. The molecule has 7 heteroatoms. The maximum atomic E-state index is 12.5. The maximum absolute atomic E-state index is 12.5. The van der Waals surface area contributed by atoms with E-state index in [1.54, 1.807) is 12.1 Å². The van der Waals surface area contributed by atoms with Gasteiger partial charge in [-0.15, -0.1) is 0 Å². The van der Waals surface area contributed by atoms with Crippen LogP contribution in [-0.4, -0.2) is 30.3 Å². The van der Waals surface area contributed by atoms with Crippen LogP contribution in [0.3, 0.4) is 0 Å². The van der Waals surface area contributed by atoms with E-state index in [4.69, 9.17) is 21.1 Å². The Labute approximate surface area is 178 Å². The van der Waals surface area contributed by atoms with Crippen LogP contribution in [0.1, 0.15) is 19.4 Å². The van der Waals surface area contributed by atoms with Crippen LogP contribution >= 0.6 is 22.9 Å². The monoisotopic (exact) mass is 430 g/mol. The molecule has 0 spiro atoms. The molecular weight excluding hydrogens is 408 g/mol. The predicted octanol–water partition coefficient (Wildman–Crippen LogP) is 4.93. The van der Waals surface area contributed by atoms with Gasteiger partial charge < -0.3 is 14.0 Å². The van der Waals surface area contributed by atoms with Crippen LogP contribution < -0.4 is 9.54 Å². The molecule has 2 aromatic carbocycles. The van der Waals surface area contributed by atoms with Crippen molar-refractivity contribution in [2.75, 3.05) is 19.8 Å². The summed E-state index contributed by atoms with van der Waals surface area (Å²) in [6.07, 6.45) is 3.11. The second kappa shape index (κ2) is 10.4. The molecule has 0 fully saturated rings. The van der Waals surface area contributed by atoms with Gasteiger partial charge in [-0.2, -0.15) is 4.99 Å². The summed E-state index contributed by atoms with van der Waals surface area (Å²) in [5, 5.41) is 0.589. The highest BCUT2D eigenvalue weighted by Gasteiger charge is 2.12. The fourth-order valence-corrected chi connectivity index (χ4v) is 4.14. The van der Waals surface area contributed by atoms with E-state index in [1.807, 2.05) is 54.8 Å². The number of carbonyl (C=O) groups excluding carboxylic acids is 1. The quantitative estimate of drug-likeness (QED) is 0.376. The number of carbonyl (C=O) groups is 1. The third kappa shape index (κ3) is 5.35. The highest BCUT2D eigenvalue weighted by atomic mass is 35.5. The van der Waals surface area contributed by atoms with Crippen LogP contribution in [0.4, 0.5) is 0 Å². The van der Waals surface area contributed by atoms with Crippen molar-refractivity contribution in [3.8, 4) is 5.75 Å². The smallest absolute Gasteiger partial charge is 0.272 e. The largest absolute Gasteiger partial charge is 0.492 e. The Morgan fingerprint density at radius 3 is 2.76 bits per heavy atom. The molecule has 1 heterocycles. The maximum Gasteiger partial charge on any atom is 0.272 e. The Kier molecular flexibility index (Phi) is 7.63. The molecule has 0 bridgehead atoms. The van der Waals surface area contributed by atoms with Gasteiger partial charge in [0.1, 0.15) is 11.3 Å². The van der Waals surface area contributed by atoms with Gasteiger partial charge in [-0.05, 0) is 43.7 Å². The number of rotatable bonds is 8. The standard InChI is InChI=1S/C22H23ClN2O3S/c1-3-27-15-14-25-21-18(28-4-2)10-7-11-19(21)29-22(25)24-20(26)13-12-16-8-5-6-9-17(16)23/h5-13H,3-4,14-15H2,1-2H3/b13-12+,24-22?. The van der Waals surface area contributed by atoms with Gasteiger partial charge in [-0.1, -0.05) is 47.2 Å². The lowest BCUT2D eigenvalue weighted by Crippen LogP contribution is -2.19. The second-order valence-electron chi connectivity index (χ2n) is 6.07. The van der Waals surface area contributed by atoms with Crippen molar-refractivity contribution in [1.29, 1.82) is 0 Å². The molecule has 152 valence electrons. The van der Waals surface area contributed by atoms with Crippen molar-refractivity contribution >= 4 is 45.1 Å². The van der Waals surface area contributed by atoms with Gasteiger partial charge in [-0.25, -0.2) is 0 Å². The van der Waals surface area contributed by atoms with Gasteiger partial charge in [0, 0.05) is 24.3 Å². The van der Waals surface area contributed by atoms with E-state index in [-0.39, 0.29) is 5.91 Å². The molecule has 3 aromatic rings. The molecule has 0 aliphatic carbocycles. The number of para-hydroxylation sites is 1. The highest BCUT2D eigenvalue weighted by molar-refractivity contribution is 7.16. The first-order chi connectivity index (χ1) is 14.1. The molecule has 0 aliphatic heterocycles. The van der Waals surface area contributed by atoms with Crippen LogP contribution in [-0.2, 0) is 16.1 Å². The summed E-state index contributed by atoms with van der Waals surface area (Å²) in [6, 6.07) is 13.2. The summed E-state index contributed by atoms with van der Waals surface area (Å²) in [5.74, 6) is 0.429. The molecule has 0 saturated carbocycles. The van der Waals surface area contributed by atoms with Gasteiger partial charge in [0.2, 0.25) is 0 Å². The zero-order chi connectivity index (χ0) is 20.6. The molecule has 0 radical (unpaired) electrons. The zero-order valence-corrected chi connectivity index (χ0v) is 18.0. The number of amides is 1. The molecule has 1 amide bonds. The number of hydrogen-bond acceptors (Lipinski definition) is 4. The number of aromatic nitrogens is 1. The summed E-state index contributed by atoms with van der Waals surface area (Å²) in [4.78, 5) is 17.4. The lowest BCUT2D eigenvalue weighted by Gasteiger charge is -2.09. The van der Waals surface area contributed by atoms with Crippen molar-refractivity contribution in [3.63, 3.8) is 0 Å². The number of benzene rings is 2. The first-order valence-corrected chi connectivity index (χ1v) is 10.7. The molecule has 29 heavy (non-hydrogen) atoms. The third-order valence-corrected chi connectivity index (χ3v) is 5.53. The van der Waals surface area contributed by atoms with Crippen molar-refractivity contribution in [2.45, 2.75) is 20.4 Å². The Morgan fingerprint density at radius 1 is 1.17 bits per heavy atom. The van der Waals surface area contributed by atoms with Crippen molar-refractivity contribution in [2.24, 2.45) is 4.99 Å². The molecule has 5 nitrogen and oxygen atoms in total. The van der Waals surface area contributed by atoms with E-state index >= 15 is 0 Å². The number of hydrogen-bond donors (Lipinski definition) is 0. The zero-order valence-electron chi connectivity index (χ0n) is 16.4. The SMILES string of the molecule is CCOCCn1c(=NC(=O)/C=C/c2ccccc2Cl)sc2cccc(OCC)c21. The Hall–Kier alpha value is -2.41. The first kappa shape index (κ1) is 21.3. The normalized spacial score (nSPS) is 12.2. The second-order valence-corrected chi connectivity index (χ2v) is 7.49. The summed E-state index contributed by atoms with van der Waals surface area (Å²) in [5.41, 5.74) is 1.71. The predicted molar refractivity (Wildman–Crippen MR) is 119 cm³/mol. The van der Waals surface area contributed by atoms with Crippen LogP contribution in [0.15, 0.2) is 53.5 Å². The molecule has 0 N–H and O–H groups in total. The van der Waals surface area contributed by atoms with Gasteiger partial charge in [0.05, 0.1) is 17.9 Å². The molecule has 3 rings (SSSR count). The fourth-order valence-electron chi connectivity index (χ4n) is 2.87. The van der Waals surface area contributed by atoms with E-state index in [0.29, 0.717) is 36.2 Å². The summed E-state index contributed by atoms with van der Waals surface area (Å²) < 4.78 is 14.3. The molecule has 0 unspecified atom stereocenters. The lowest BCUT2D eigenvalue weighted by atomic mass is 10.2. The van der Waals surface area contributed by atoms with Crippen LogP contribution in [0.5, 0.6) is 5.75 Å². The Balaban J connectivity index is 2.00. The fraction of sp³-hybridized carbons (Fsp3) is 0.273. The molecule has 0 atom stereocenters. The van der Waals surface area contributed by atoms with E-state index in [0.717, 1.165) is 21.5 Å². The Morgan fingerprint density at radius 2 is 2.00 bits per heavy atom. The van der Waals surface area contributed by atoms with Gasteiger partial charge in [-0.3, -0.25) is 4.79 Å². The summed E-state index contributed by atoms with van der Waals surface area (Å²) in [7, 11) is 0. The molecule has 0 aliphatic rings. The topological polar surface area (TPSA) is 52.8 Å². The van der Waals surface area contributed by atoms with E-state index in [1.165, 1.54) is 17.4 Å². The molecule has 0 saturated heterocycles. The molecule has 1 aromatic heterocycles. The average molecular weight is 431 g/mol. The number of nitrogens with zero attached hydrogens (tertiary/aromatic N) is 2. The number of thiazole rings is 1. The Bertz CT molecular complexity index is 1090. The van der Waals surface area contributed by atoms with E-state index in [9.17, 15) is 4.79 Å². The van der Waals surface area contributed by atoms with Gasteiger partial charge in [0.15, 0.2) is 4.80 Å². The van der Waals surface area contributed by atoms with Crippen LogP contribution in [0, 0.1) is 0 Å². The minimum Gasteiger partial charge on any atom is -0.492 e. The summed E-state index contributed by atoms with van der Waals surface area (Å²) >= 11 is 7.60. The van der Waals surface area contributed by atoms with E-state index < -0.39 is 0 Å². The highest BCUT2D eigenvalue weighted by Crippen LogP contribution is 2.27. The number of fused-ring (bicyclic) bond motifs is 1. The number of halogens is 1. The third-order valence-electron chi connectivity index (χ3n) is 4.14. The minimum atomic E-state index is -0.348. The van der Waals surface area contributed by atoms with Crippen LogP contribution in [0.2, 0.25) is 5.02 Å². The first-order valence-electron chi connectivity index (χ1n) is 9.48. The lowest BCUT2D eigenvalue weighted by molar-refractivity contribution is -0.113. The van der Waals surface area contributed by atoms with Gasteiger partial charge >= 0.3 is 0 Å². The number of ether oxygens (including phenoxy) is 2. The van der Waals surface area contributed by atoms with Gasteiger partial charge in [0.25, 0.3) is 5.91 Å². The van der Waals surface area contributed by atoms with Crippen molar-refractivity contribution < 1.29 is 14.3 Å². The van der Waals surface area contributed by atoms with Crippen molar-refractivity contribution in [1.82, 2.24) is 4.57 Å². The van der Waals surface area contributed by atoms with E-state index in [2.05, 4.69) is 4.99 Å². The summed E-state index contributed by atoms with van der Waals surface area (Å²) in [6.45, 7) is 6.21. The average Bonchev–Trinajstić information content (AvgIpc) is 3.06.